The Hall–Kier alpha value is -2.81. The van der Waals surface area contributed by atoms with Crippen LogP contribution in [0.2, 0.25) is 0 Å². The maximum absolute atomic E-state index is 13.2. The predicted octanol–water partition coefficient (Wildman–Crippen LogP) is 2.20. The van der Waals surface area contributed by atoms with Gasteiger partial charge in [0.05, 0.1) is 19.0 Å². The van der Waals surface area contributed by atoms with Gasteiger partial charge in [0.1, 0.15) is 10.7 Å². The lowest BCUT2D eigenvalue weighted by molar-refractivity contribution is -0.125. The van der Waals surface area contributed by atoms with Crippen LogP contribution in [0.3, 0.4) is 0 Å². The summed E-state index contributed by atoms with van der Waals surface area (Å²) in [5.74, 6) is -1.36. The highest BCUT2D eigenvalue weighted by molar-refractivity contribution is 7.17. The third-order valence-electron chi connectivity index (χ3n) is 3.24. The van der Waals surface area contributed by atoms with Crippen LogP contribution in [-0.4, -0.2) is 35.8 Å². The van der Waals surface area contributed by atoms with E-state index in [0.29, 0.717) is 11.3 Å². The van der Waals surface area contributed by atoms with E-state index in [2.05, 4.69) is 20.2 Å². The number of amides is 1. The Kier molecular flexibility index (Phi) is 4.52. The van der Waals surface area contributed by atoms with Crippen LogP contribution in [-0.2, 0) is 14.4 Å². The number of ether oxygens (including phenoxy) is 1. The highest BCUT2D eigenvalue weighted by atomic mass is 32.1. The first-order chi connectivity index (χ1) is 11.6. The molecule has 0 saturated carbocycles. The number of nitrogens with one attached hydrogen (secondary N) is 1. The van der Waals surface area contributed by atoms with E-state index in [-0.39, 0.29) is 22.2 Å². The first-order valence-electron chi connectivity index (χ1n) is 6.90. The lowest BCUT2D eigenvalue weighted by Gasteiger charge is -2.06. The molecule has 9 heteroatoms. The summed E-state index contributed by atoms with van der Waals surface area (Å²) in [4.78, 5) is 32.8. The third kappa shape index (κ3) is 3.40. The fraction of sp³-hybridized carbons (Fsp3) is 0.200. The Labute approximate surface area is 140 Å². The Balaban J connectivity index is 1.61. The zero-order chi connectivity index (χ0) is 17.1. The molecule has 24 heavy (non-hydrogen) atoms. The molecule has 1 amide bonds. The maximum atomic E-state index is 13.2. The van der Waals surface area contributed by atoms with Crippen LogP contribution in [0, 0.1) is 5.82 Å². The zero-order valence-electron chi connectivity index (χ0n) is 12.5. The number of carbonyl (C=O) groups is 2. The molecular weight excluding hydrogens is 337 g/mol. The number of hydrogen-bond donors (Lipinski definition) is 1. The minimum absolute atomic E-state index is 0.213. The summed E-state index contributed by atoms with van der Waals surface area (Å²) in [5.41, 5.74) is 1.05. The van der Waals surface area contributed by atoms with Crippen LogP contribution in [0.5, 0.6) is 0 Å². The first kappa shape index (κ1) is 16.1. The Morgan fingerprint density at radius 1 is 1.46 bits per heavy atom. The Morgan fingerprint density at radius 3 is 3.04 bits per heavy atom. The van der Waals surface area contributed by atoms with E-state index < -0.39 is 18.0 Å². The molecule has 1 N–H and O–H groups in total. The molecule has 1 aromatic heterocycles. The molecule has 2 aromatic rings. The molecule has 0 radical (unpaired) electrons. The monoisotopic (exact) mass is 349 g/mol. The SMILES string of the molecule is COC(=O)c1cnc(NC(=O)[C@H]2CC(c3cccc(F)c3)=NO2)s1. The number of rotatable bonds is 4. The van der Waals surface area contributed by atoms with Gasteiger partial charge in [-0.15, -0.1) is 0 Å². The highest BCUT2D eigenvalue weighted by Crippen LogP contribution is 2.22. The number of nitrogens with zero attached hydrogens (tertiary/aromatic N) is 2. The van der Waals surface area contributed by atoms with E-state index in [1.807, 2.05) is 0 Å². The Bertz CT molecular complexity index is 821. The second-order valence-electron chi connectivity index (χ2n) is 4.86. The quantitative estimate of drug-likeness (QED) is 0.855. The predicted molar refractivity (Wildman–Crippen MR) is 84.5 cm³/mol. The molecule has 1 aliphatic heterocycles. The van der Waals surface area contributed by atoms with E-state index >= 15 is 0 Å². The van der Waals surface area contributed by atoms with Crippen LogP contribution >= 0.6 is 11.3 Å². The summed E-state index contributed by atoms with van der Waals surface area (Å²) in [6.07, 6.45) is 0.689. The molecule has 0 aliphatic carbocycles. The normalized spacial score (nSPS) is 16.2. The van der Waals surface area contributed by atoms with Crippen molar-refractivity contribution in [3.05, 3.63) is 46.7 Å². The van der Waals surface area contributed by atoms with Crippen molar-refractivity contribution in [1.82, 2.24) is 4.98 Å². The molecule has 7 nitrogen and oxygen atoms in total. The van der Waals surface area contributed by atoms with Gasteiger partial charge >= 0.3 is 5.97 Å². The number of esters is 1. The number of oxime groups is 1. The molecular formula is C15H12FN3O4S. The molecule has 3 rings (SSSR count). The van der Waals surface area contributed by atoms with Crippen molar-refractivity contribution in [3.8, 4) is 0 Å². The fourth-order valence-electron chi connectivity index (χ4n) is 2.07. The van der Waals surface area contributed by atoms with E-state index in [1.54, 1.807) is 12.1 Å². The molecule has 1 aliphatic rings. The van der Waals surface area contributed by atoms with Crippen LogP contribution in [0.4, 0.5) is 9.52 Å². The van der Waals surface area contributed by atoms with Gasteiger partial charge in [0.2, 0.25) is 6.10 Å². The summed E-state index contributed by atoms with van der Waals surface area (Å²) >= 11 is 0.992. The number of benzene rings is 1. The molecule has 0 bridgehead atoms. The Morgan fingerprint density at radius 2 is 2.29 bits per heavy atom. The summed E-state index contributed by atoms with van der Waals surface area (Å²) < 4.78 is 17.8. The number of hydrogen-bond acceptors (Lipinski definition) is 7. The van der Waals surface area contributed by atoms with Crippen LogP contribution in [0.25, 0.3) is 0 Å². The topological polar surface area (TPSA) is 89.9 Å². The van der Waals surface area contributed by atoms with E-state index in [0.717, 1.165) is 11.3 Å². The summed E-state index contributed by atoms with van der Waals surface area (Å²) in [6, 6.07) is 5.90. The highest BCUT2D eigenvalue weighted by Gasteiger charge is 2.29. The molecule has 2 heterocycles. The number of halogens is 1. The van der Waals surface area contributed by atoms with Gasteiger partial charge in [0.25, 0.3) is 5.91 Å². The number of carbonyl (C=O) groups excluding carboxylic acids is 2. The molecule has 0 spiro atoms. The molecule has 1 aromatic carbocycles. The minimum atomic E-state index is -0.839. The lowest BCUT2D eigenvalue weighted by atomic mass is 10.0. The van der Waals surface area contributed by atoms with Gasteiger partial charge in [-0.2, -0.15) is 0 Å². The second-order valence-corrected chi connectivity index (χ2v) is 5.89. The van der Waals surface area contributed by atoms with Crippen molar-refractivity contribution in [2.24, 2.45) is 5.16 Å². The van der Waals surface area contributed by atoms with E-state index in [1.165, 1.54) is 25.4 Å². The largest absolute Gasteiger partial charge is 0.465 e. The number of thiazole rings is 1. The van der Waals surface area contributed by atoms with Gasteiger partial charge in [-0.25, -0.2) is 14.2 Å². The second kappa shape index (κ2) is 6.75. The molecule has 0 fully saturated rings. The summed E-state index contributed by atoms with van der Waals surface area (Å²) in [5, 5.41) is 6.64. The summed E-state index contributed by atoms with van der Waals surface area (Å²) in [6.45, 7) is 0. The van der Waals surface area contributed by atoms with Gasteiger partial charge in [0, 0.05) is 12.0 Å². The summed E-state index contributed by atoms with van der Waals surface area (Å²) in [7, 11) is 1.26. The molecule has 124 valence electrons. The number of methoxy groups -OCH3 is 1. The van der Waals surface area contributed by atoms with Crippen molar-refractivity contribution in [3.63, 3.8) is 0 Å². The van der Waals surface area contributed by atoms with Crippen molar-refractivity contribution >= 4 is 34.1 Å². The molecule has 0 saturated heterocycles. The number of aromatic nitrogens is 1. The van der Waals surface area contributed by atoms with Gasteiger partial charge in [-0.05, 0) is 12.1 Å². The van der Waals surface area contributed by atoms with Crippen LogP contribution in [0.15, 0.2) is 35.6 Å². The average molecular weight is 349 g/mol. The van der Waals surface area contributed by atoms with Gasteiger partial charge in [-0.1, -0.05) is 28.6 Å². The first-order valence-corrected chi connectivity index (χ1v) is 7.72. The van der Waals surface area contributed by atoms with Gasteiger partial charge in [0.15, 0.2) is 5.13 Å². The standard InChI is InChI=1S/C15H12FN3O4S/c1-22-14(21)12-7-17-15(24-12)18-13(20)11-6-10(19-23-11)8-3-2-4-9(16)5-8/h2-5,7,11H,6H2,1H3,(H,17,18,20)/t11-/m1/s1. The van der Waals surface area contributed by atoms with Crippen LogP contribution < -0.4 is 5.32 Å². The van der Waals surface area contributed by atoms with Crippen molar-refractivity contribution < 1.29 is 23.6 Å². The maximum Gasteiger partial charge on any atom is 0.349 e. The third-order valence-corrected chi connectivity index (χ3v) is 4.13. The van der Waals surface area contributed by atoms with E-state index in [9.17, 15) is 14.0 Å². The smallest absolute Gasteiger partial charge is 0.349 e. The lowest BCUT2D eigenvalue weighted by Crippen LogP contribution is -2.27. The fourth-order valence-corrected chi connectivity index (χ4v) is 2.81. The van der Waals surface area contributed by atoms with E-state index in [4.69, 9.17) is 4.84 Å². The van der Waals surface area contributed by atoms with Gasteiger partial charge in [-0.3, -0.25) is 10.1 Å². The molecule has 1 atom stereocenters. The van der Waals surface area contributed by atoms with Crippen LogP contribution in [0.1, 0.15) is 21.7 Å². The number of anilines is 1. The average Bonchev–Trinajstić information content (AvgIpc) is 3.23. The minimum Gasteiger partial charge on any atom is -0.465 e. The zero-order valence-corrected chi connectivity index (χ0v) is 13.3. The van der Waals surface area contributed by atoms with Crippen molar-refractivity contribution in [2.45, 2.75) is 12.5 Å². The molecule has 0 unspecified atom stereocenters. The van der Waals surface area contributed by atoms with Crippen molar-refractivity contribution in [2.75, 3.05) is 12.4 Å². The van der Waals surface area contributed by atoms with Crippen molar-refractivity contribution in [1.29, 1.82) is 0 Å². The van der Waals surface area contributed by atoms with Gasteiger partial charge < -0.3 is 9.57 Å².